The highest BCUT2D eigenvalue weighted by atomic mass is 16.2. The molecule has 0 saturated heterocycles. The second-order valence-electron chi connectivity index (χ2n) is 9.27. The zero-order chi connectivity index (χ0) is 19.7. The first-order chi connectivity index (χ1) is 13.6. The molecule has 1 aliphatic heterocycles. The molecular formula is C24H35N3O. The fraction of sp³-hybridized carbons (Fsp3) is 0.625. The monoisotopic (exact) mass is 381 g/mol. The van der Waals surface area contributed by atoms with E-state index < -0.39 is 0 Å². The van der Waals surface area contributed by atoms with Gasteiger partial charge < -0.3 is 15.2 Å². The SMILES string of the molecule is CNC[C@H]1CC[C@H](C(=O)N2CCc3c([nH]c4ccccc34)C2CC(C)C)CC1. The lowest BCUT2D eigenvalue weighted by atomic mass is 9.80. The normalized spacial score (nSPS) is 25.3. The number of rotatable bonds is 5. The molecule has 4 heteroatoms. The number of para-hydroxylation sites is 1. The van der Waals surface area contributed by atoms with Crippen molar-refractivity contribution in [3.05, 3.63) is 35.5 Å². The van der Waals surface area contributed by atoms with Gasteiger partial charge in [-0.1, -0.05) is 32.0 Å². The van der Waals surface area contributed by atoms with Crippen LogP contribution in [0.2, 0.25) is 0 Å². The molecule has 1 aromatic heterocycles. The van der Waals surface area contributed by atoms with Crippen molar-refractivity contribution in [2.45, 2.75) is 58.4 Å². The average molecular weight is 382 g/mol. The Morgan fingerprint density at radius 3 is 2.68 bits per heavy atom. The Morgan fingerprint density at radius 2 is 1.96 bits per heavy atom. The van der Waals surface area contributed by atoms with Gasteiger partial charge in [0.1, 0.15) is 0 Å². The van der Waals surface area contributed by atoms with Crippen molar-refractivity contribution in [3.63, 3.8) is 0 Å². The summed E-state index contributed by atoms with van der Waals surface area (Å²) in [6.07, 6.45) is 6.45. The van der Waals surface area contributed by atoms with E-state index in [9.17, 15) is 4.79 Å². The maximum Gasteiger partial charge on any atom is 0.226 e. The van der Waals surface area contributed by atoms with E-state index in [0.29, 0.717) is 11.8 Å². The summed E-state index contributed by atoms with van der Waals surface area (Å²) in [5, 5.41) is 4.64. The van der Waals surface area contributed by atoms with Gasteiger partial charge in [-0.2, -0.15) is 0 Å². The molecule has 0 spiro atoms. The Balaban J connectivity index is 1.57. The van der Waals surface area contributed by atoms with Gasteiger partial charge in [-0.3, -0.25) is 4.79 Å². The predicted molar refractivity (Wildman–Crippen MR) is 115 cm³/mol. The minimum Gasteiger partial charge on any atom is -0.356 e. The van der Waals surface area contributed by atoms with Crippen molar-refractivity contribution in [2.75, 3.05) is 20.1 Å². The minimum absolute atomic E-state index is 0.193. The number of aromatic nitrogens is 1. The van der Waals surface area contributed by atoms with E-state index in [1.54, 1.807) is 0 Å². The Labute approximate surface area is 169 Å². The van der Waals surface area contributed by atoms with Gasteiger partial charge in [-0.25, -0.2) is 0 Å². The molecule has 2 aliphatic rings. The number of hydrogen-bond acceptors (Lipinski definition) is 2. The zero-order valence-electron chi connectivity index (χ0n) is 17.6. The average Bonchev–Trinajstić information content (AvgIpc) is 3.07. The largest absolute Gasteiger partial charge is 0.356 e. The Kier molecular flexibility index (Phi) is 5.77. The summed E-state index contributed by atoms with van der Waals surface area (Å²) < 4.78 is 0. The number of carbonyl (C=O) groups excluding carboxylic acids is 1. The van der Waals surface area contributed by atoms with E-state index >= 15 is 0 Å². The van der Waals surface area contributed by atoms with Crippen molar-refractivity contribution in [3.8, 4) is 0 Å². The van der Waals surface area contributed by atoms with Crippen molar-refractivity contribution < 1.29 is 4.79 Å². The molecule has 2 heterocycles. The summed E-state index contributed by atoms with van der Waals surface area (Å²) in [4.78, 5) is 19.4. The fourth-order valence-corrected chi connectivity index (χ4v) is 5.41. The van der Waals surface area contributed by atoms with E-state index in [1.807, 2.05) is 7.05 Å². The lowest BCUT2D eigenvalue weighted by Crippen LogP contribution is -2.44. The maximum absolute atomic E-state index is 13.5. The number of hydrogen-bond donors (Lipinski definition) is 2. The first kappa shape index (κ1) is 19.5. The molecule has 1 aromatic carbocycles. The smallest absolute Gasteiger partial charge is 0.226 e. The molecule has 1 aliphatic carbocycles. The number of nitrogens with zero attached hydrogens (tertiary/aromatic N) is 1. The summed E-state index contributed by atoms with van der Waals surface area (Å²) in [5.74, 6) is 1.91. The lowest BCUT2D eigenvalue weighted by Gasteiger charge is -2.40. The number of aromatic amines is 1. The van der Waals surface area contributed by atoms with Crippen LogP contribution in [0.5, 0.6) is 0 Å². The Morgan fingerprint density at radius 1 is 1.21 bits per heavy atom. The number of benzene rings is 1. The van der Waals surface area contributed by atoms with E-state index in [4.69, 9.17) is 0 Å². The summed E-state index contributed by atoms with van der Waals surface area (Å²) in [6.45, 7) is 6.48. The minimum atomic E-state index is 0.193. The molecule has 152 valence electrons. The van der Waals surface area contributed by atoms with Crippen LogP contribution in [-0.4, -0.2) is 35.9 Å². The quantitative estimate of drug-likeness (QED) is 0.791. The Hall–Kier alpha value is -1.81. The molecule has 1 atom stereocenters. The molecule has 4 rings (SSSR count). The van der Waals surface area contributed by atoms with Crippen molar-refractivity contribution >= 4 is 16.8 Å². The maximum atomic E-state index is 13.5. The molecule has 1 amide bonds. The highest BCUT2D eigenvalue weighted by Crippen LogP contribution is 2.40. The Bertz CT molecular complexity index is 816. The second-order valence-corrected chi connectivity index (χ2v) is 9.27. The molecule has 4 nitrogen and oxygen atoms in total. The van der Waals surface area contributed by atoms with Gasteiger partial charge in [0.15, 0.2) is 0 Å². The number of fused-ring (bicyclic) bond motifs is 3. The van der Waals surface area contributed by atoms with Crippen molar-refractivity contribution in [1.82, 2.24) is 15.2 Å². The zero-order valence-corrected chi connectivity index (χ0v) is 17.6. The van der Waals surface area contributed by atoms with Crippen LogP contribution in [0.3, 0.4) is 0 Å². The van der Waals surface area contributed by atoms with E-state index in [2.05, 4.69) is 53.3 Å². The number of amides is 1. The first-order valence-electron chi connectivity index (χ1n) is 11.1. The summed E-state index contributed by atoms with van der Waals surface area (Å²) in [7, 11) is 2.03. The molecule has 1 unspecified atom stereocenters. The van der Waals surface area contributed by atoms with Crippen molar-refractivity contribution in [2.24, 2.45) is 17.8 Å². The van der Waals surface area contributed by atoms with Gasteiger partial charge in [0.2, 0.25) is 5.91 Å². The molecule has 2 N–H and O–H groups in total. The van der Waals surface area contributed by atoms with Crippen LogP contribution in [0.4, 0.5) is 0 Å². The highest BCUT2D eigenvalue weighted by Gasteiger charge is 2.37. The summed E-state index contributed by atoms with van der Waals surface area (Å²) in [6, 6.07) is 8.79. The molecule has 2 aromatic rings. The third-order valence-corrected chi connectivity index (χ3v) is 6.83. The van der Waals surface area contributed by atoms with E-state index in [0.717, 1.165) is 44.7 Å². The van der Waals surface area contributed by atoms with Crippen molar-refractivity contribution in [1.29, 1.82) is 0 Å². The van der Waals surface area contributed by atoms with Gasteiger partial charge in [-0.15, -0.1) is 0 Å². The number of carbonyl (C=O) groups is 1. The molecule has 1 fully saturated rings. The van der Waals surface area contributed by atoms with Crippen LogP contribution in [0, 0.1) is 17.8 Å². The van der Waals surface area contributed by atoms with E-state index in [1.165, 1.54) is 35.0 Å². The molecule has 1 saturated carbocycles. The third kappa shape index (κ3) is 3.71. The fourth-order valence-electron chi connectivity index (χ4n) is 5.41. The standard InChI is InChI=1S/C24H35N3O/c1-16(2)14-22-23-20(19-6-4-5-7-21(19)26-23)12-13-27(22)24(28)18-10-8-17(9-11-18)15-25-3/h4-7,16-18,22,25-26H,8-15H2,1-3H3/t17-,18-,22?. The number of nitrogens with one attached hydrogen (secondary N) is 2. The van der Waals surface area contributed by atoms with Crippen LogP contribution < -0.4 is 5.32 Å². The first-order valence-corrected chi connectivity index (χ1v) is 11.1. The van der Waals surface area contributed by atoms with E-state index in [-0.39, 0.29) is 12.0 Å². The molecule has 28 heavy (non-hydrogen) atoms. The molecule has 0 bridgehead atoms. The van der Waals surface area contributed by atoms with Crippen LogP contribution in [0.1, 0.15) is 63.3 Å². The van der Waals surface area contributed by atoms with Crippen LogP contribution in [-0.2, 0) is 11.2 Å². The van der Waals surface area contributed by atoms with Gasteiger partial charge >= 0.3 is 0 Å². The molecular weight excluding hydrogens is 346 g/mol. The third-order valence-electron chi connectivity index (χ3n) is 6.83. The lowest BCUT2D eigenvalue weighted by molar-refractivity contribution is -0.140. The number of H-pyrrole nitrogens is 1. The van der Waals surface area contributed by atoms with Gasteiger partial charge in [-0.05, 0) is 75.6 Å². The van der Waals surface area contributed by atoms with Crippen LogP contribution >= 0.6 is 0 Å². The topological polar surface area (TPSA) is 48.1 Å². The van der Waals surface area contributed by atoms with Gasteiger partial charge in [0, 0.05) is 29.1 Å². The van der Waals surface area contributed by atoms with Crippen LogP contribution in [0.25, 0.3) is 10.9 Å². The highest BCUT2D eigenvalue weighted by molar-refractivity contribution is 5.86. The molecule has 0 radical (unpaired) electrons. The summed E-state index contributed by atoms with van der Waals surface area (Å²) >= 11 is 0. The predicted octanol–water partition coefficient (Wildman–Crippen LogP) is 4.67. The second kappa shape index (κ2) is 8.28. The van der Waals surface area contributed by atoms with Gasteiger partial charge in [0.05, 0.1) is 6.04 Å². The summed E-state index contributed by atoms with van der Waals surface area (Å²) in [5.41, 5.74) is 3.93. The van der Waals surface area contributed by atoms with Gasteiger partial charge in [0.25, 0.3) is 0 Å². The van der Waals surface area contributed by atoms with Crippen LogP contribution in [0.15, 0.2) is 24.3 Å².